The first-order valence-electron chi connectivity index (χ1n) is 9.24. The van der Waals surface area contributed by atoms with Crippen LogP contribution in [0.5, 0.6) is 5.75 Å². The highest BCUT2D eigenvalue weighted by Gasteiger charge is 2.21. The van der Waals surface area contributed by atoms with Gasteiger partial charge in [0.1, 0.15) is 5.75 Å². The number of amides is 2. The molecule has 2 aromatic rings. The fraction of sp³-hybridized carbons (Fsp3) is 0.450. The number of benzene rings is 1. The molecule has 1 aliphatic rings. The highest BCUT2D eigenvalue weighted by molar-refractivity contribution is 7.99. The van der Waals surface area contributed by atoms with Crippen molar-refractivity contribution in [2.45, 2.75) is 44.5 Å². The fourth-order valence-corrected chi connectivity index (χ4v) is 3.95. The number of aryl methyl sites for hydroxylation is 1. The van der Waals surface area contributed by atoms with Gasteiger partial charge in [-0.1, -0.05) is 11.8 Å². The van der Waals surface area contributed by atoms with Gasteiger partial charge in [0, 0.05) is 17.9 Å². The molecule has 0 bridgehead atoms. The van der Waals surface area contributed by atoms with Crippen molar-refractivity contribution in [2.24, 2.45) is 0 Å². The van der Waals surface area contributed by atoms with Crippen molar-refractivity contribution in [1.29, 1.82) is 0 Å². The molecule has 0 spiro atoms. The highest BCUT2D eigenvalue weighted by atomic mass is 32.2. The third-order valence-electron chi connectivity index (χ3n) is 4.77. The summed E-state index contributed by atoms with van der Waals surface area (Å²) in [6, 6.07) is 6.61. The Morgan fingerprint density at radius 3 is 2.71 bits per heavy atom. The van der Waals surface area contributed by atoms with Crippen LogP contribution in [0.15, 0.2) is 29.4 Å². The molecule has 28 heavy (non-hydrogen) atoms. The molecule has 1 saturated heterocycles. The zero-order chi connectivity index (χ0) is 20.1. The standard InChI is InChI=1S/C20H25N3O4S/c1-13-14(2)23(11-17-5-4-10-27-17)20(21-13)28-12-18(24)22-19(25)15-6-8-16(26-3)9-7-15/h6-9,17H,4-5,10-12H2,1-3H3,(H,22,24,25). The van der Waals surface area contributed by atoms with Crippen LogP contribution in [0.25, 0.3) is 0 Å². The Balaban J connectivity index is 1.57. The molecule has 2 heterocycles. The van der Waals surface area contributed by atoms with Gasteiger partial charge < -0.3 is 14.0 Å². The number of hydrogen-bond donors (Lipinski definition) is 1. The maximum Gasteiger partial charge on any atom is 0.257 e. The van der Waals surface area contributed by atoms with Gasteiger partial charge in [-0.05, 0) is 51.0 Å². The fourth-order valence-electron chi connectivity index (χ4n) is 3.05. The SMILES string of the molecule is COc1ccc(C(=O)NC(=O)CSc2nc(C)c(C)n2CC2CCCO2)cc1. The molecule has 0 aliphatic carbocycles. The summed E-state index contributed by atoms with van der Waals surface area (Å²) in [5.74, 6) is -0.0121. The van der Waals surface area contributed by atoms with Crippen LogP contribution in [0.1, 0.15) is 34.6 Å². The number of methoxy groups -OCH3 is 1. The lowest BCUT2D eigenvalue weighted by atomic mass is 10.2. The van der Waals surface area contributed by atoms with E-state index in [4.69, 9.17) is 9.47 Å². The normalized spacial score (nSPS) is 16.2. The lowest BCUT2D eigenvalue weighted by Gasteiger charge is -2.14. The van der Waals surface area contributed by atoms with E-state index in [0.29, 0.717) is 11.3 Å². The number of ether oxygens (including phenoxy) is 2. The van der Waals surface area contributed by atoms with Crippen LogP contribution in [0.3, 0.4) is 0 Å². The number of imidazole rings is 1. The number of carbonyl (C=O) groups is 2. The summed E-state index contributed by atoms with van der Waals surface area (Å²) in [5, 5.41) is 3.19. The van der Waals surface area contributed by atoms with Crippen molar-refractivity contribution in [2.75, 3.05) is 19.5 Å². The van der Waals surface area contributed by atoms with E-state index in [2.05, 4.69) is 14.9 Å². The van der Waals surface area contributed by atoms with Gasteiger partial charge in [0.25, 0.3) is 5.91 Å². The van der Waals surface area contributed by atoms with Gasteiger partial charge >= 0.3 is 0 Å². The molecule has 1 unspecified atom stereocenters. The molecule has 2 amide bonds. The zero-order valence-corrected chi connectivity index (χ0v) is 17.2. The third-order valence-corrected chi connectivity index (χ3v) is 5.75. The summed E-state index contributed by atoms with van der Waals surface area (Å²) in [6.07, 6.45) is 2.31. The number of imide groups is 1. The molecule has 1 aromatic carbocycles. The van der Waals surface area contributed by atoms with E-state index < -0.39 is 5.91 Å². The van der Waals surface area contributed by atoms with Crippen LogP contribution in [-0.2, 0) is 16.1 Å². The van der Waals surface area contributed by atoms with E-state index in [-0.39, 0.29) is 17.8 Å². The lowest BCUT2D eigenvalue weighted by molar-refractivity contribution is -0.117. The molecule has 3 rings (SSSR count). The van der Waals surface area contributed by atoms with Crippen LogP contribution in [0, 0.1) is 13.8 Å². The minimum absolute atomic E-state index is 0.114. The average molecular weight is 404 g/mol. The first kappa shape index (κ1) is 20.4. The van der Waals surface area contributed by atoms with Gasteiger partial charge in [-0.2, -0.15) is 0 Å². The molecule has 7 nitrogen and oxygen atoms in total. The second-order valence-electron chi connectivity index (χ2n) is 6.71. The Hall–Kier alpha value is -2.32. The van der Waals surface area contributed by atoms with Gasteiger partial charge in [0.2, 0.25) is 5.91 Å². The summed E-state index contributed by atoms with van der Waals surface area (Å²) < 4.78 is 12.9. The van der Waals surface area contributed by atoms with E-state index in [9.17, 15) is 9.59 Å². The Labute approximate surface area is 168 Å². The first-order valence-corrected chi connectivity index (χ1v) is 10.2. The Morgan fingerprint density at radius 2 is 2.07 bits per heavy atom. The van der Waals surface area contributed by atoms with Crippen LogP contribution in [0.2, 0.25) is 0 Å². The highest BCUT2D eigenvalue weighted by Crippen LogP contribution is 2.24. The van der Waals surface area contributed by atoms with E-state index in [0.717, 1.165) is 42.5 Å². The molecule has 0 radical (unpaired) electrons. The van der Waals surface area contributed by atoms with Gasteiger partial charge in [-0.25, -0.2) is 4.98 Å². The quantitative estimate of drug-likeness (QED) is 0.716. The van der Waals surface area contributed by atoms with E-state index >= 15 is 0 Å². The van der Waals surface area contributed by atoms with Crippen molar-refractivity contribution in [3.05, 3.63) is 41.2 Å². The molecular weight excluding hydrogens is 378 g/mol. The third kappa shape index (κ3) is 4.94. The monoisotopic (exact) mass is 403 g/mol. The Bertz CT molecular complexity index is 842. The topological polar surface area (TPSA) is 82.5 Å². The maximum atomic E-state index is 12.2. The number of thioether (sulfide) groups is 1. The molecule has 150 valence electrons. The van der Waals surface area contributed by atoms with E-state index in [1.54, 1.807) is 31.4 Å². The van der Waals surface area contributed by atoms with Crippen LogP contribution < -0.4 is 10.1 Å². The largest absolute Gasteiger partial charge is 0.497 e. The van der Waals surface area contributed by atoms with Gasteiger partial charge in [-0.3, -0.25) is 14.9 Å². The molecule has 1 N–H and O–H groups in total. The number of nitrogens with zero attached hydrogens (tertiary/aromatic N) is 2. The molecule has 1 fully saturated rings. The number of nitrogens with one attached hydrogen (secondary N) is 1. The molecule has 8 heteroatoms. The maximum absolute atomic E-state index is 12.2. The predicted octanol–water partition coefficient (Wildman–Crippen LogP) is 2.74. The molecular formula is C20H25N3O4S. The summed E-state index contributed by atoms with van der Waals surface area (Å²) >= 11 is 1.33. The molecule has 1 aliphatic heterocycles. The minimum atomic E-state index is -0.427. The zero-order valence-electron chi connectivity index (χ0n) is 16.4. The van der Waals surface area contributed by atoms with E-state index in [1.807, 2.05) is 13.8 Å². The van der Waals surface area contributed by atoms with Gasteiger partial charge in [0.15, 0.2) is 5.16 Å². The number of rotatable bonds is 7. The minimum Gasteiger partial charge on any atom is -0.497 e. The van der Waals surface area contributed by atoms with Gasteiger partial charge in [0.05, 0.1) is 31.2 Å². The molecule has 0 saturated carbocycles. The number of aromatic nitrogens is 2. The van der Waals surface area contributed by atoms with E-state index in [1.165, 1.54) is 11.8 Å². The van der Waals surface area contributed by atoms with Crippen molar-refractivity contribution in [3.8, 4) is 5.75 Å². The number of hydrogen-bond acceptors (Lipinski definition) is 6. The molecule has 1 atom stereocenters. The summed E-state index contributed by atoms with van der Waals surface area (Å²) in [7, 11) is 1.56. The smallest absolute Gasteiger partial charge is 0.257 e. The number of carbonyl (C=O) groups excluding carboxylic acids is 2. The van der Waals surface area contributed by atoms with Crippen LogP contribution in [-0.4, -0.2) is 46.9 Å². The predicted molar refractivity (Wildman–Crippen MR) is 107 cm³/mol. The second kappa shape index (κ2) is 9.25. The van der Waals surface area contributed by atoms with Crippen molar-refractivity contribution < 1.29 is 19.1 Å². The lowest BCUT2D eigenvalue weighted by Crippen LogP contribution is -2.31. The second-order valence-corrected chi connectivity index (χ2v) is 7.65. The van der Waals surface area contributed by atoms with Gasteiger partial charge in [-0.15, -0.1) is 0 Å². The van der Waals surface area contributed by atoms with Crippen molar-refractivity contribution >= 4 is 23.6 Å². The summed E-state index contributed by atoms with van der Waals surface area (Å²) in [6.45, 7) is 5.52. The van der Waals surface area contributed by atoms with Crippen LogP contribution in [0.4, 0.5) is 0 Å². The Kier molecular flexibility index (Phi) is 6.74. The van der Waals surface area contributed by atoms with Crippen LogP contribution >= 0.6 is 11.8 Å². The summed E-state index contributed by atoms with van der Waals surface area (Å²) in [5.41, 5.74) is 2.42. The van der Waals surface area contributed by atoms with Crippen molar-refractivity contribution in [1.82, 2.24) is 14.9 Å². The molecule has 1 aromatic heterocycles. The Morgan fingerprint density at radius 1 is 1.32 bits per heavy atom. The average Bonchev–Trinajstić information content (AvgIpc) is 3.30. The van der Waals surface area contributed by atoms with Crippen molar-refractivity contribution in [3.63, 3.8) is 0 Å². The summed E-state index contributed by atoms with van der Waals surface area (Å²) in [4.78, 5) is 29.0. The first-order chi connectivity index (χ1) is 13.5.